The van der Waals surface area contributed by atoms with Crippen molar-refractivity contribution in [1.82, 2.24) is 0 Å². The monoisotopic (exact) mass is 109 g/mol. The highest BCUT2D eigenvalue weighted by Gasteiger charge is 2.18. The van der Waals surface area contributed by atoms with Crippen molar-refractivity contribution < 1.29 is 8.78 Å². The van der Waals surface area contributed by atoms with Gasteiger partial charge in [-0.1, -0.05) is 6.92 Å². The van der Waals surface area contributed by atoms with E-state index in [-0.39, 0.29) is 6.42 Å². The minimum absolute atomic E-state index is 0.215. The fourth-order valence-corrected chi connectivity index (χ4v) is 0.333. The Balaban J connectivity index is 3.15. The third kappa shape index (κ3) is 5.82. The van der Waals surface area contributed by atoms with E-state index >= 15 is 0 Å². The first kappa shape index (κ1) is 6.82. The number of alkyl halides is 2. The van der Waals surface area contributed by atoms with E-state index in [9.17, 15) is 8.78 Å². The van der Waals surface area contributed by atoms with Crippen LogP contribution in [-0.4, -0.2) is 6.05 Å². The molecule has 44 valence electrons. The molecule has 2 N–H and O–H groups in total. The van der Waals surface area contributed by atoms with Crippen LogP contribution in [0.5, 0.6) is 0 Å². The smallest absolute Gasteiger partial charge is 0.272 e. The van der Waals surface area contributed by atoms with Crippen LogP contribution < -0.4 is 5.73 Å². The van der Waals surface area contributed by atoms with Crippen LogP contribution in [0.25, 0.3) is 0 Å². The third-order valence-electron chi connectivity index (χ3n) is 0.583. The van der Waals surface area contributed by atoms with Crippen molar-refractivity contribution in [2.45, 2.75) is 25.8 Å². The van der Waals surface area contributed by atoms with E-state index < -0.39 is 6.05 Å². The summed E-state index contributed by atoms with van der Waals surface area (Å²) in [4.78, 5) is 0. The molecule has 7 heavy (non-hydrogen) atoms. The highest BCUT2D eigenvalue weighted by atomic mass is 19.3. The summed E-state index contributed by atoms with van der Waals surface area (Å²) >= 11 is 0. The molecule has 0 saturated heterocycles. The van der Waals surface area contributed by atoms with E-state index in [1.54, 1.807) is 6.92 Å². The first-order valence-corrected chi connectivity index (χ1v) is 2.23. The lowest BCUT2D eigenvalue weighted by molar-refractivity contribution is -0.00133. The van der Waals surface area contributed by atoms with Crippen LogP contribution in [0.2, 0.25) is 0 Å². The Hall–Kier alpha value is -0.180. The van der Waals surface area contributed by atoms with Crippen molar-refractivity contribution in [3.63, 3.8) is 0 Å². The van der Waals surface area contributed by atoms with Gasteiger partial charge in [0.1, 0.15) is 0 Å². The molecule has 0 amide bonds. The summed E-state index contributed by atoms with van der Waals surface area (Å²) in [7, 11) is 0. The van der Waals surface area contributed by atoms with Crippen molar-refractivity contribution >= 4 is 0 Å². The number of hydrogen-bond donors (Lipinski definition) is 1. The molecule has 0 bridgehead atoms. The standard InChI is InChI=1S/C4H9F2N/c1-2-3-4(5,6)7/h2-3,7H2,1H3. The van der Waals surface area contributed by atoms with Crippen molar-refractivity contribution in [1.29, 1.82) is 0 Å². The van der Waals surface area contributed by atoms with E-state index in [0.717, 1.165) is 0 Å². The molecule has 0 heterocycles. The van der Waals surface area contributed by atoms with Gasteiger partial charge in [-0.05, 0) is 6.42 Å². The summed E-state index contributed by atoms with van der Waals surface area (Å²) in [5.74, 6) is 0. The predicted octanol–water partition coefficient (Wildman–Crippen LogP) is 1.34. The van der Waals surface area contributed by atoms with Gasteiger partial charge in [0.2, 0.25) is 0 Å². The lowest BCUT2D eigenvalue weighted by atomic mass is 10.3. The second kappa shape index (κ2) is 2.21. The van der Waals surface area contributed by atoms with Gasteiger partial charge in [-0.3, -0.25) is 5.73 Å². The molecule has 0 aliphatic heterocycles. The van der Waals surface area contributed by atoms with Crippen molar-refractivity contribution in [2.24, 2.45) is 5.73 Å². The first-order chi connectivity index (χ1) is 3.06. The minimum Gasteiger partial charge on any atom is -0.272 e. The lowest BCUT2D eigenvalue weighted by Gasteiger charge is -2.05. The van der Waals surface area contributed by atoms with Crippen LogP contribution in [0, 0.1) is 0 Å². The Kier molecular flexibility index (Phi) is 2.15. The number of rotatable bonds is 2. The van der Waals surface area contributed by atoms with Gasteiger partial charge < -0.3 is 0 Å². The van der Waals surface area contributed by atoms with Gasteiger partial charge >= 0.3 is 0 Å². The van der Waals surface area contributed by atoms with E-state index in [1.807, 2.05) is 0 Å². The van der Waals surface area contributed by atoms with Crippen LogP contribution in [0.3, 0.4) is 0 Å². The van der Waals surface area contributed by atoms with Crippen LogP contribution >= 0.6 is 0 Å². The van der Waals surface area contributed by atoms with E-state index in [4.69, 9.17) is 0 Å². The maximum atomic E-state index is 11.5. The van der Waals surface area contributed by atoms with Crippen molar-refractivity contribution in [3.8, 4) is 0 Å². The second-order valence-corrected chi connectivity index (χ2v) is 1.51. The number of halogens is 2. The quantitative estimate of drug-likeness (QED) is 0.532. The fourth-order valence-electron chi connectivity index (χ4n) is 0.333. The molecule has 0 spiro atoms. The van der Waals surface area contributed by atoms with Crippen LogP contribution in [0.15, 0.2) is 0 Å². The second-order valence-electron chi connectivity index (χ2n) is 1.51. The van der Waals surface area contributed by atoms with Crippen LogP contribution in [-0.2, 0) is 0 Å². The van der Waals surface area contributed by atoms with Crippen LogP contribution in [0.4, 0.5) is 8.78 Å². The molecule has 3 heteroatoms. The van der Waals surface area contributed by atoms with Gasteiger partial charge in [-0.25, -0.2) is 0 Å². The van der Waals surface area contributed by atoms with E-state index in [0.29, 0.717) is 6.42 Å². The molecule has 0 aromatic carbocycles. The molecule has 0 unspecified atom stereocenters. The molecule has 1 nitrogen and oxygen atoms in total. The average molecular weight is 109 g/mol. The fraction of sp³-hybridized carbons (Fsp3) is 1.00. The summed E-state index contributed by atoms with van der Waals surface area (Å²) in [6, 6.07) is -2.95. The van der Waals surface area contributed by atoms with Gasteiger partial charge in [-0.15, -0.1) is 0 Å². The van der Waals surface area contributed by atoms with Gasteiger partial charge in [0.15, 0.2) is 0 Å². The molecule has 0 aromatic rings. The van der Waals surface area contributed by atoms with Crippen LogP contribution in [0.1, 0.15) is 19.8 Å². The Morgan fingerprint density at radius 2 is 2.00 bits per heavy atom. The Bertz CT molecular complexity index is 48.1. The summed E-state index contributed by atoms with van der Waals surface area (Å²) in [6.45, 7) is 1.67. The third-order valence-corrected chi connectivity index (χ3v) is 0.583. The molecular weight excluding hydrogens is 100 g/mol. The van der Waals surface area contributed by atoms with Crippen molar-refractivity contribution in [3.05, 3.63) is 0 Å². The maximum Gasteiger partial charge on any atom is 0.300 e. The van der Waals surface area contributed by atoms with E-state index in [2.05, 4.69) is 5.73 Å². The highest BCUT2D eigenvalue weighted by molar-refractivity contribution is 4.51. The number of hydrogen-bond acceptors (Lipinski definition) is 1. The Morgan fingerprint density at radius 1 is 1.57 bits per heavy atom. The zero-order valence-corrected chi connectivity index (χ0v) is 4.25. The largest absolute Gasteiger partial charge is 0.300 e. The first-order valence-electron chi connectivity index (χ1n) is 2.23. The highest BCUT2D eigenvalue weighted by Crippen LogP contribution is 2.10. The van der Waals surface area contributed by atoms with Gasteiger partial charge in [-0.2, -0.15) is 8.78 Å². The van der Waals surface area contributed by atoms with Gasteiger partial charge in [0.25, 0.3) is 6.05 Å². The average Bonchev–Trinajstić information content (AvgIpc) is 1.30. The zero-order chi connectivity index (χ0) is 5.91. The summed E-state index contributed by atoms with van der Waals surface area (Å²) in [5.41, 5.74) is 4.31. The summed E-state index contributed by atoms with van der Waals surface area (Å²) in [6.07, 6.45) is 0.219. The molecule has 0 fully saturated rings. The van der Waals surface area contributed by atoms with Gasteiger partial charge in [0.05, 0.1) is 0 Å². The molecule has 0 aliphatic rings. The Morgan fingerprint density at radius 3 is 2.00 bits per heavy atom. The zero-order valence-electron chi connectivity index (χ0n) is 4.25. The summed E-state index contributed by atoms with van der Waals surface area (Å²) in [5, 5.41) is 0. The molecule has 0 atom stereocenters. The molecule has 0 saturated carbocycles. The minimum atomic E-state index is -2.95. The molecule has 0 rings (SSSR count). The molecule has 0 aromatic heterocycles. The Labute approximate surface area is 41.5 Å². The maximum absolute atomic E-state index is 11.5. The lowest BCUT2D eigenvalue weighted by Crippen LogP contribution is -2.27. The predicted molar refractivity (Wildman–Crippen MR) is 24.0 cm³/mol. The molecule has 0 radical (unpaired) electrons. The number of nitrogens with two attached hydrogens (primary N) is 1. The van der Waals surface area contributed by atoms with E-state index in [1.165, 1.54) is 0 Å². The molecular formula is C4H9F2N. The summed E-state index contributed by atoms with van der Waals surface area (Å²) < 4.78 is 23.0. The molecule has 0 aliphatic carbocycles. The van der Waals surface area contributed by atoms with Crippen molar-refractivity contribution in [2.75, 3.05) is 0 Å². The SMILES string of the molecule is CCCC(N)(F)F. The normalized spacial score (nSPS) is 12.0. The topological polar surface area (TPSA) is 26.0 Å². The van der Waals surface area contributed by atoms with Gasteiger partial charge in [0, 0.05) is 6.42 Å².